The number of aryl methyl sites for hydroxylation is 5. The number of nitrogens with one attached hydrogen (secondary N) is 1. The predicted octanol–water partition coefficient (Wildman–Crippen LogP) is 7.57. The summed E-state index contributed by atoms with van der Waals surface area (Å²) in [6.45, 7) is 20.6. The number of hydrogen-bond acceptors (Lipinski definition) is 5. The smallest absolute Gasteiger partial charge is 0.298 e. The second-order valence-corrected chi connectivity index (χ2v) is 13.8. The van der Waals surface area contributed by atoms with Gasteiger partial charge in [0.05, 0.1) is 25.7 Å². The van der Waals surface area contributed by atoms with Crippen LogP contribution in [-0.4, -0.2) is 72.9 Å². The Bertz CT molecular complexity index is 1280. The molecule has 1 aliphatic heterocycles. The topological polar surface area (TPSA) is 75.7 Å². The first-order valence-electron chi connectivity index (χ1n) is 17.7. The number of ketones is 1. The molecule has 254 valence electrons. The van der Waals surface area contributed by atoms with E-state index in [1.807, 2.05) is 26.0 Å². The van der Waals surface area contributed by atoms with Crippen LogP contribution >= 0.6 is 0 Å². The van der Waals surface area contributed by atoms with Crippen molar-refractivity contribution in [2.75, 3.05) is 44.6 Å². The fourth-order valence-electron chi connectivity index (χ4n) is 7.43. The van der Waals surface area contributed by atoms with Gasteiger partial charge in [0.1, 0.15) is 12.3 Å². The normalized spacial score (nSPS) is 16.5. The van der Waals surface area contributed by atoms with E-state index in [2.05, 4.69) is 57.0 Å². The van der Waals surface area contributed by atoms with E-state index in [0.29, 0.717) is 25.2 Å². The molecular weight excluding hydrogens is 574 g/mol. The number of piperidine rings is 1. The molecule has 0 aromatic heterocycles. The number of likely N-dealkylation sites (N-methyl/N-ethyl adjacent to an activating group) is 1. The number of amides is 1. The highest BCUT2D eigenvalue weighted by atomic mass is 16.5. The van der Waals surface area contributed by atoms with Crippen LogP contribution in [0.1, 0.15) is 105 Å². The van der Waals surface area contributed by atoms with E-state index in [4.69, 9.17) is 4.74 Å². The van der Waals surface area contributed by atoms with Gasteiger partial charge in [-0.1, -0.05) is 43.9 Å². The van der Waals surface area contributed by atoms with Gasteiger partial charge in [-0.15, -0.1) is 0 Å². The van der Waals surface area contributed by atoms with E-state index in [9.17, 15) is 14.4 Å². The lowest BCUT2D eigenvalue weighted by Gasteiger charge is -2.38. The zero-order valence-corrected chi connectivity index (χ0v) is 29.8. The van der Waals surface area contributed by atoms with Crippen molar-refractivity contribution in [3.8, 4) is 5.75 Å². The molecule has 1 saturated heterocycles. The van der Waals surface area contributed by atoms with Gasteiger partial charge >= 0.3 is 0 Å². The number of carbonyl (C=O) groups is 3. The lowest BCUT2D eigenvalue weighted by Crippen LogP contribution is -2.52. The van der Waals surface area contributed by atoms with Crippen LogP contribution in [0.5, 0.6) is 5.75 Å². The molecule has 7 nitrogen and oxygen atoms in total. The Balaban J connectivity index is 1.52. The van der Waals surface area contributed by atoms with Crippen LogP contribution in [0.25, 0.3) is 0 Å². The van der Waals surface area contributed by atoms with Gasteiger partial charge in [-0.05, 0) is 133 Å². The Morgan fingerprint density at radius 2 is 1.54 bits per heavy atom. The van der Waals surface area contributed by atoms with Crippen molar-refractivity contribution in [2.24, 2.45) is 0 Å². The van der Waals surface area contributed by atoms with E-state index in [1.165, 1.54) is 5.56 Å². The summed E-state index contributed by atoms with van der Waals surface area (Å²) in [5.74, 6) is 0.934. The molecule has 1 heterocycles. The SMILES string of the molecule is CCCC[N+](CC)(CCCCCCN1CCCCC1C(=O)Nc1c(C)cc(C)cc1C)CC(=O)Cc1c(C)cc(OC=O)cc1C. The molecule has 1 fully saturated rings. The van der Waals surface area contributed by atoms with Gasteiger partial charge in [0.15, 0.2) is 5.78 Å². The minimum atomic E-state index is -0.0562. The van der Waals surface area contributed by atoms with E-state index in [-0.39, 0.29) is 17.7 Å². The maximum Gasteiger partial charge on any atom is 0.298 e. The standard InChI is InChI=1S/C39H59N3O4/c1-8-10-20-42(9-2,27-34(44)26-36-30(4)24-35(46-28-43)25-31(36)5)21-16-12-11-14-18-41-19-15-13-17-37(41)39(45)40-38-32(6)22-29(3)23-33(38)7/h22-25,28,37H,8-21,26-27H2,1-7H3/p+1. The van der Waals surface area contributed by atoms with Crippen LogP contribution in [0.15, 0.2) is 24.3 Å². The minimum Gasteiger partial charge on any atom is -0.429 e. The molecule has 3 rings (SSSR count). The molecule has 2 aromatic carbocycles. The van der Waals surface area contributed by atoms with Gasteiger partial charge in [0.25, 0.3) is 6.47 Å². The van der Waals surface area contributed by atoms with Gasteiger partial charge in [0.2, 0.25) is 5.91 Å². The van der Waals surface area contributed by atoms with Crippen LogP contribution in [0.4, 0.5) is 5.69 Å². The number of carbonyl (C=O) groups excluding carboxylic acids is 3. The summed E-state index contributed by atoms with van der Waals surface area (Å²) in [6, 6.07) is 7.90. The fourth-order valence-corrected chi connectivity index (χ4v) is 7.43. The Labute approximate surface area is 278 Å². The molecule has 0 bridgehead atoms. The summed E-state index contributed by atoms with van der Waals surface area (Å²) in [5.41, 5.74) is 7.46. The molecule has 46 heavy (non-hydrogen) atoms. The first kappa shape index (κ1) is 37.4. The first-order valence-corrected chi connectivity index (χ1v) is 17.7. The highest BCUT2D eigenvalue weighted by Gasteiger charge is 2.30. The quantitative estimate of drug-likeness (QED) is 0.0981. The third-order valence-electron chi connectivity index (χ3n) is 10.1. The summed E-state index contributed by atoms with van der Waals surface area (Å²) < 4.78 is 5.89. The monoisotopic (exact) mass is 634 g/mol. The number of anilines is 1. The average molecular weight is 635 g/mol. The third-order valence-corrected chi connectivity index (χ3v) is 10.1. The fraction of sp³-hybridized carbons (Fsp3) is 0.615. The molecule has 0 saturated carbocycles. The highest BCUT2D eigenvalue weighted by Crippen LogP contribution is 2.26. The average Bonchev–Trinajstić information content (AvgIpc) is 3.01. The van der Waals surface area contributed by atoms with Crippen molar-refractivity contribution in [2.45, 2.75) is 119 Å². The zero-order valence-electron chi connectivity index (χ0n) is 29.8. The third kappa shape index (κ3) is 10.8. The first-order chi connectivity index (χ1) is 22.0. The zero-order chi connectivity index (χ0) is 33.7. The number of quaternary nitrogens is 1. The molecule has 0 aliphatic carbocycles. The van der Waals surface area contributed by atoms with Crippen molar-refractivity contribution in [1.29, 1.82) is 0 Å². The molecule has 7 heteroatoms. The van der Waals surface area contributed by atoms with Crippen LogP contribution < -0.4 is 10.1 Å². The number of Topliss-reactive ketones (excluding diaryl/α,β-unsaturated/α-hetero) is 1. The molecule has 2 aromatic rings. The Morgan fingerprint density at radius 3 is 2.17 bits per heavy atom. The summed E-state index contributed by atoms with van der Waals surface area (Å²) in [6.07, 6.45) is 10.3. The van der Waals surface area contributed by atoms with Crippen LogP contribution in [-0.2, 0) is 20.8 Å². The molecule has 2 unspecified atom stereocenters. The van der Waals surface area contributed by atoms with E-state index in [1.54, 1.807) is 0 Å². The van der Waals surface area contributed by atoms with Crippen LogP contribution in [0.3, 0.4) is 0 Å². The molecule has 1 amide bonds. The van der Waals surface area contributed by atoms with Crippen molar-refractivity contribution >= 4 is 23.9 Å². The lowest BCUT2D eigenvalue weighted by molar-refractivity contribution is -0.919. The van der Waals surface area contributed by atoms with Crippen LogP contribution in [0, 0.1) is 34.6 Å². The maximum atomic E-state index is 13.5. The number of rotatable bonds is 19. The number of benzene rings is 2. The van der Waals surface area contributed by atoms with Crippen molar-refractivity contribution in [1.82, 2.24) is 4.90 Å². The highest BCUT2D eigenvalue weighted by molar-refractivity contribution is 5.96. The second kappa shape index (κ2) is 18.3. The predicted molar refractivity (Wildman–Crippen MR) is 189 cm³/mol. The van der Waals surface area contributed by atoms with Gasteiger partial charge in [-0.2, -0.15) is 0 Å². The minimum absolute atomic E-state index is 0.0562. The number of likely N-dealkylation sites (tertiary alicyclic amines) is 1. The summed E-state index contributed by atoms with van der Waals surface area (Å²) in [5, 5.41) is 3.27. The Kier molecular flexibility index (Phi) is 14.9. The summed E-state index contributed by atoms with van der Waals surface area (Å²) in [4.78, 5) is 40.1. The van der Waals surface area contributed by atoms with Crippen molar-refractivity contribution < 1.29 is 23.6 Å². The van der Waals surface area contributed by atoms with Crippen LogP contribution in [0.2, 0.25) is 0 Å². The molecule has 1 N–H and O–H groups in total. The molecule has 0 spiro atoms. The number of hydrogen-bond donors (Lipinski definition) is 1. The summed E-state index contributed by atoms with van der Waals surface area (Å²) >= 11 is 0. The molecular formula is C39H60N3O4+. The van der Waals surface area contributed by atoms with Crippen molar-refractivity contribution in [3.05, 3.63) is 57.6 Å². The summed E-state index contributed by atoms with van der Waals surface area (Å²) in [7, 11) is 0. The Hall–Kier alpha value is -3.03. The van der Waals surface area contributed by atoms with Gasteiger partial charge in [-0.25, -0.2) is 0 Å². The Morgan fingerprint density at radius 1 is 0.891 bits per heavy atom. The molecule has 0 radical (unpaired) electrons. The molecule has 2 atom stereocenters. The number of ether oxygens (including phenoxy) is 1. The van der Waals surface area contributed by atoms with E-state index >= 15 is 0 Å². The molecule has 1 aliphatic rings. The van der Waals surface area contributed by atoms with E-state index in [0.717, 1.165) is 128 Å². The largest absolute Gasteiger partial charge is 0.429 e. The van der Waals surface area contributed by atoms with E-state index < -0.39 is 0 Å². The number of nitrogens with zero attached hydrogens (tertiary/aromatic N) is 2. The number of unbranched alkanes of at least 4 members (excludes halogenated alkanes) is 4. The lowest BCUT2D eigenvalue weighted by atomic mass is 9.97. The van der Waals surface area contributed by atoms with Gasteiger partial charge in [0, 0.05) is 12.1 Å². The van der Waals surface area contributed by atoms with Crippen molar-refractivity contribution in [3.63, 3.8) is 0 Å². The van der Waals surface area contributed by atoms with Gasteiger partial charge in [-0.3, -0.25) is 19.3 Å². The maximum absolute atomic E-state index is 13.5. The van der Waals surface area contributed by atoms with Gasteiger partial charge < -0.3 is 14.5 Å². The second-order valence-electron chi connectivity index (χ2n) is 13.8.